The molecule has 118 valence electrons. The topological polar surface area (TPSA) is 74.6 Å². The number of rotatable bonds is 3. The van der Waals surface area contributed by atoms with Crippen molar-refractivity contribution in [3.05, 3.63) is 53.3 Å². The Hall–Kier alpha value is -3.13. The van der Waals surface area contributed by atoms with E-state index >= 15 is 0 Å². The van der Waals surface area contributed by atoms with Crippen LogP contribution in [0, 0.1) is 11.3 Å². The van der Waals surface area contributed by atoms with Crippen LogP contribution in [0.4, 0.5) is 0 Å². The quantitative estimate of drug-likeness (QED) is 0.625. The van der Waals surface area contributed by atoms with Crippen LogP contribution in [0.2, 0.25) is 0 Å². The van der Waals surface area contributed by atoms with Crippen molar-refractivity contribution in [1.29, 1.82) is 5.26 Å². The van der Waals surface area contributed by atoms with Crippen LogP contribution < -0.4 is 4.74 Å². The van der Waals surface area contributed by atoms with Crippen LogP contribution in [0.25, 0.3) is 22.5 Å². The summed E-state index contributed by atoms with van der Waals surface area (Å²) in [6, 6.07) is 11.8. The van der Waals surface area contributed by atoms with Gasteiger partial charge in [-0.25, -0.2) is 4.98 Å². The van der Waals surface area contributed by atoms with Gasteiger partial charge in [-0.15, -0.1) is 0 Å². The number of fused-ring (bicyclic) bond motifs is 3. The minimum Gasteiger partial charge on any atom is -0.491 e. The summed E-state index contributed by atoms with van der Waals surface area (Å²) in [4.78, 5) is 4.14. The molecule has 1 N–H and O–H groups in total. The van der Waals surface area contributed by atoms with Gasteiger partial charge in [-0.1, -0.05) is 0 Å². The molecular weight excluding hydrogens is 300 g/mol. The zero-order valence-corrected chi connectivity index (χ0v) is 13.5. The van der Waals surface area contributed by atoms with Crippen molar-refractivity contribution >= 4 is 0 Å². The minimum absolute atomic E-state index is 0.157. The number of hydrogen-bond acceptors (Lipinski definition) is 4. The number of aromatic amines is 1. The third-order valence-corrected chi connectivity index (χ3v) is 4.10. The van der Waals surface area contributed by atoms with Crippen LogP contribution in [0.3, 0.4) is 0 Å². The van der Waals surface area contributed by atoms with Gasteiger partial charge < -0.3 is 4.74 Å². The van der Waals surface area contributed by atoms with Crippen LogP contribution in [0.5, 0.6) is 5.75 Å². The Labute approximate surface area is 139 Å². The molecule has 2 heterocycles. The summed E-state index contributed by atoms with van der Waals surface area (Å²) in [5, 5.41) is 16.5. The molecule has 0 spiro atoms. The van der Waals surface area contributed by atoms with Gasteiger partial charge in [0.15, 0.2) is 0 Å². The summed E-state index contributed by atoms with van der Waals surface area (Å²) in [5.74, 6) is 0.892. The molecule has 0 atom stereocenters. The van der Waals surface area contributed by atoms with Crippen molar-refractivity contribution in [2.24, 2.45) is 0 Å². The number of pyridine rings is 1. The molecular formula is C19H16N4O. The lowest BCUT2D eigenvalue weighted by Gasteiger charge is -2.11. The molecule has 0 unspecified atom stereocenters. The molecule has 0 bridgehead atoms. The molecule has 2 aromatic heterocycles. The van der Waals surface area contributed by atoms with Crippen molar-refractivity contribution in [1.82, 2.24) is 15.2 Å². The number of nitrogens with one attached hydrogen (secondary N) is 1. The first-order chi connectivity index (χ1) is 11.7. The normalized spacial score (nSPS) is 11.9. The van der Waals surface area contributed by atoms with Crippen LogP contribution in [0.15, 0.2) is 36.5 Å². The first kappa shape index (κ1) is 14.5. The fourth-order valence-electron chi connectivity index (χ4n) is 3.10. The Morgan fingerprint density at radius 1 is 1.25 bits per heavy atom. The van der Waals surface area contributed by atoms with Gasteiger partial charge in [-0.05, 0) is 49.7 Å². The Morgan fingerprint density at radius 3 is 2.83 bits per heavy atom. The molecule has 5 heteroatoms. The van der Waals surface area contributed by atoms with Gasteiger partial charge in [-0.2, -0.15) is 10.4 Å². The van der Waals surface area contributed by atoms with E-state index in [1.807, 2.05) is 32.0 Å². The second kappa shape index (κ2) is 5.50. The number of ether oxygens (including phenoxy) is 1. The van der Waals surface area contributed by atoms with Gasteiger partial charge in [-0.3, -0.25) is 5.10 Å². The number of aromatic nitrogens is 3. The monoisotopic (exact) mass is 316 g/mol. The van der Waals surface area contributed by atoms with Crippen molar-refractivity contribution in [2.75, 3.05) is 0 Å². The molecule has 1 aliphatic rings. The lowest BCUT2D eigenvalue weighted by Crippen LogP contribution is -2.05. The summed E-state index contributed by atoms with van der Waals surface area (Å²) >= 11 is 0. The number of nitrogens with zero attached hydrogens (tertiary/aromatic N) is 3. The van der Waals surface area contributed by atoms with Crippen LogP contribution in [-0.2, 0) is 6.42 Å². The highest BCUT2D eigenvalue weighted by molar-refractivity contribution is 5.81. The van der Waals surface area contributed by atoms with Crippen LogP contribution >= 0.6 is 0 Å². The maximum absolute atomic E-state index is 8.87. The van der Waals surface area contributed by atoms with E-state index in [0.29, 0.717) is 5.69 Å². The van der Waals surface area contributed by atoms with E-state index in [4.69, 9.17) is 10.00 Å². The molecule has 0 fully saturated rings. The molecule has 0 saturated heterocycles. The fraction of sp³-hybridized carbons (Fsp3) is 0.211. The molecule has 4 rings (SSSR count). The standard InChI is InChI=1S/C19H16N4O/c1-11(2)24-15-5-6-16-13(7-15)8-17-18(22-23-19(16)17)12-3-4-14(9-20)21-10-12/h3-7,10-11H,8H2,1-2H3,(H,22,23). The van der Waals surface area contributed by atoms with Gasteiger partial charge >= 0.3 is 0 Å². The Morgan fingerprint density at radius 2 is 2.12 bits per heavy atom. The highest BCUT2D eigenvalue weighted by Gasteiger charge is 2.25. The lowest BCUT2D eigenvalue weighted by atomic mass is 10.1. The molecule has 1 aliphatic carbocycles. The average molecular weight is 316 g/mol. The third kappa shape index (κ3) is 2.33. The van der Waals surface area contributed by atoms with Gasteiger partial charge in [0.1, 0.15) is 17.5 Å². The third-order valence-electron chi connectivity index (χ3n) is 4.10. The fourth-order valence-corrected chi connectivity index (χ4v) is 3.10. The summed E-state index contributed by atoms with van der Waals surface area (Å²) in [7, 11) is 0. The van der Waals surface area contributed by atoms with Crippen LogP contribution in [0.1, 0.15) is 30.7 Å². The van der Waals surface area contributed by atoms with E-state index in [1.54, 1.807) is 12.3 Å². The maximum Gasteiger partial charge on any atom is 0.140 e. The summed E-state index contributed by atoms with van der Waals surface area (Å²) < 4.78 is 5.79. The van der Waals surface area contributed by atoms with Gasteiger partial charge in [0.25, 0.3) is 0 Å². The molecule has 1 aromatic carbocycles. The number of hydrogen-bond donors (Lipinski definition) is 1. The summed E-state index contributed by atoms with van der Waals surface area (Å²) in [5.41, 5.74) is 6.84. The zero-order valence-electron chi connectivity index (χ0n) is 13.5. The molecule has 0 saturated carbocycles. The summed E-state index contributed by atoms with van der Waals surface area (Å²) in [6.07, 6.45) is 2.67. The number of nitriles is 1. The molecule has 3 aromatic rings. The molecule has 0 aliphatic heterocycles. The van der Waals surface area contributed by atoms with Gasteiger partial charge in [0.05, 0.1) is 17.5 Å². The van der Waals surface area contributed by atoms with Gasteiger partial charge in [0.2, 0.25) is 0 Å². The predicted molar refractivity (Wildman–Crippen MR) is 90.5 cm³/mol. The van der Waals surface area contributed by atoms with E-state index in [9.17, 15) is 0 Å². The highest BCUT2D eigenvalue weighted by Crippen LogP contribution is 2.41. The van der Waals surface area contributed by atoms with E-state index in [2.05, 4.69) is 27.3 Å². The van der Waals surface area contributed by atoms with E-state index in [0.717, 1.165) is 29.1 Å². The largest absolute Gasteiger partial charge is 0.491 e. The molecule has 5 nitrogen and oxygen atoms in total. The van der Waals surface area contributed by atoms with Crippen LogP contribution in [-0.4, -0.2) is 21.3 Å². The SMILES string of the molecule is CC(C)Oc1ccc2c(c1)Cc1c(-c3ccc(C#N)nc3)n[nH]c1-2. The minimum atomic E-state index is 0.157. The maximum atomic E-state index is 8.87. The molecule has 0 amide bonds. The Balaban J connectivity index is 1.71. The van der Waals surface area contributed by atoms with Crippen molar-refractivity contribution in [2.45, 2.75) is 26.4 Å². The summed E-state index contributed by atoms with van der Waals surface area (Å²) in [6.45, 7) is 4.05. The van der Waals surface area contributed by atoms with E-state index in [-0.39, 0.29) is 6.10 Å². The molecule has 0 radical (unpaired) electrons. The number of benzene rings is 1. The van der Waals surface area contributed by atoms with Crippen molar-refractivity contribution in [3.63, 3.8) is 0 Å². The van der Waals surface area contributed by atoms with E-state index < -0.39 is 0 Å². The zero-order chi connectivity index (χ0) is 16.7. The predicted octanol–water partition coefficient (Wildman–Crippen LogP) is 3.70. The Bertz CT molecular complexity index is 948. The first-order valence-electron chi connectivity index (χ1n) is 7.89. The lowest BCUT2D eigenvalue weighted by molar-refractivity contribution is 0.242. The van der Waals surface area contributed by atoms with Gasteiger partial charge in [0, 0.05) is 29.3 Å². The number of H-pyrrole nitrogens is 1. The van der Waals surface area contributed by atoms with E-state index in [1.165, 1.54) is 16.7 Å². The second-order valence-electron chi connectivity index (χ2n) is 6.13. The van der Waals surface area contributed by atoms with Crippen molar-refractivity contribution < 1.29 is 4.74 Å². The second-order valence-corrected chi connectivity index (χ2v) is 6.13. The highest BCUT2D eigenvalue weighted by atomic mass is 16.5. The smallest absolute Gasteiger partial charge is 0.140 e. The average Bonchev–Trinajstić information content (AvgIpc) is 3.13. The van der Waals surface area contributed by atoms with Crippen molar-refractivity contribution in [3.8, 4) is 34.3 Å². The Kier molecular flexibility index (Phi) is 3.31. The molecule has 24 heavy (non-hydrogen) atoms. The first-order valence-corrected chi connectivity index (χ1v) is 7.89.